The third kappa shape index (κ3) is 3.29. The third-order valence-corrected chi connectivity index (χ3v) is 4.48. The molecular weight excluding hydrogens is 325 g/mol. The van der Waals surface area contributed by atoms with Crippen LogP contribution in [0.1, 0.15) is 23.0 Å². The Labute approximate surface area is 146 Å². The topological polar surface area (TPSA) is 56.6 Å². The zero-order valence-electron chi connectivity index (χ0n) is 14.7. The van der Waals surface area contributed by atoms with E-state index in [4.69, 9.17) is 9.47 Å². The lowest BCUT2D eigenvalue weighted by molar-refractivity contribution is -0.144. The number of hydrogen-bond donors (Lipinski definition) is 0. The van der Waals surface area contributed by atoms with E-state index < -0.39 is 0 Å². The average Bonchev–Trinajstić information content (AvgIpc) is 2.90. The number of nitrogens with zero attached hydrogens (tertiary/aromatic N) is 3. The van der Waals surface area contributed by atoms with E-state index in [1.807, 2.05) is 13.8 Å². The minimum absolute atomic E-state index is 0.0239. The molecule has 0 saturated carbocycles. The minimum Gasteiger partial charge on any atom is -0.377 e. The highest BCUT2D eigenvalue weighted by Crippen LogP contribution is 2.31. The van der Waals surface area contributed by atoms with Crippen LogP contribution in [-0.2, 0) is 14.3 Å². The van der Waals surface area contributed by atoms with Gasteiger partial charge in [-0.25, -0.2) is 9.07 Å². The van der Waals surface area contributed by atoms with Gasteiger partial charge in [-0.1, -0.05) is 12.1 Å². The van der Waals surface area contributed by atoms with Crippen LogP contribution in [0, 0.1) is 19.7 Å². The van der Waals surface area contributed by atoms with E-state index in [0.29, 0.717) is 25.4 Å². The summed E-state index contributed by atoms with van der Waals surface area (Å²) in [5.74, 6) is -0.430. The Balaban J connectivity index is 2.02. The van der Waals surface area contributed by atoms with Crippen LogP contribution in [0.3, 0.4) is 0 Å². The van der Waals surface area contributed by atoms with Gasteiger partial charge in [0.05, 0.1) is 24.9 Å². The van der Waals surface area contributed by atoms with Gasteiger partial charge in [0.2, 0.25) is 5.91 Å². The smallest absolute Gasteiger partial charge is 0.249 e. The van der Waals surface area contributed by atoms with Gasteiger partial charge in [0.25, 0.3) is 0 Å². The quantitative estimate of drug-likeness (QED) is 0.851. The fraction of sp³-hybridized carbons (Fsp3) is 0.444. The first-order chi connectivity index (χ1) is 12.0. The van der Waals surface area contributed by atoms with Crippen molar-refractivity contribution in [2.45, 2.75) is 19.9 Å². The first kappa shape index (κ1) is 17.6. The van der Waals surface area contributed by atoms with Crippen molar-refractivity contribution < 1.29 is 18.7 Å². The fourth-order valence-electron chi connectivity index (χ4n) is 3.34. The molecule has 6 nitrogen and oxygen atoms in total. The van der Waals surface area contributed by atoms with Crippen molar-refractivity contribution in [2.24, 2.45) is 0 Å². The summed E-state index contributed by atoms with van der Waals surface area (Å²) in [5, 5.41) is 4.51. The second-order valence-corrected chi connectivity index (χ2v) is 6.06. The van der Waals surface area contributed by atoms with Crippen molar-refractivity contribution in [3.63, 3.8) is 0 Å². The molecule has 1 aliphatic heterocycles. The standard InChI is InChI=1S/C18H22FN3O3/c1-12-18(16-10-25-9-8-21(16)17(23)11-24-3)13(2)22(20-12)15-7-5-4-6-14(15)19/h4-7,16H,8-11H2,1-3H3. The molecule has 0 N–H and O–H groups in total. The van der Waals surface area contributed by atoms with Gasteiger partial charge in [0.1, 0.15) is 18.1 Å². The number of ether oxygens (including phenoxy) is 2. The number of methoxy groups -OCH3 is 1. The number of aromatic nitrogens is 2. The van der Waals surface area contributed by atoms with Crippen molar-refractivity contribution in [1.82, 2.24) is 14.7 Å². The van der Waals surface area contributed by atoms with Crippen molar-refractivity contribution in [1.29, 1.82) is 0 Å². The van der Waals surface area contributed by atoms with Crippen molar-refractivity contribution >= 4 is 5.91 Å². The normalized spacial score (nSPS) is 17.8. The van der Waals surface area contributed by atoms with Crippen LogP contribution >= 0.6 is 0 Å². The minimum atomic E-state index is -0.341. The number of halogens is 1. The number of para-hydroxylation sites is 1. The van der Waals surface area contributed by atoms with Crippen LogP contribution in [0.4, 0.5) is 4.39 Å². The lowest BCUT2D eigenvalue weighted by Crippen LogP contribution is -2.45. The average molecular weight is 347 g/mol. The monoisotopic (exact) mass is 347 g/mol. The fourth-order valence-corrected chi connectivity index (χ4v) is 3.34. The molecule has 0 radical (unpaired) electrons. The molecule has 1 aliphatic rings. The highest BCUT2D eigenvalue weighted by Gasteiger charge is 2.32. The van der Waals surface area contributed by atoms with Gasteiger partial charge in [-0.2, -0.15) is 5.10 Å². The maximum atomic E-state index is 14.2. The molecular formula is C18H22FN3O3. The van der Waals surface area contributed by atoms with Gasteiger partial charge >= 0.3 is 0 Å². The molecule has 2 heterocycles. The summed E-state index contributed by atoms with van der Waals surface area (Å²) in [4.78, 5) is 14.2. The predicted molar refractivity (Wildman–Crippen MR) is 90.1 cm³/mol. The Morgan fingerprint density at radius 2 is 2.16 bits per heavy atom. The number of benzene rings is 1. The molecule has 0 aliphatic carbocycles. The number of amides is 1. The Morgan fingerprint density at radius 3 is 2.88 bits per heavy atom. The Morgan fingerprint density at radius 1 is 1.40 bits per heavy atom. The maximum Gasteiger partial charge on any atom is 0.249 e. The molecule has 134 valence electrons. The number of aryl methyl sites for hydroxylation is 1. The van der Waals surface area contributed by atoms with Crippen LogP contribution in [0.2, 0.25) is 0 Å². The largest absolute Gasteiger partial charge is 0.377 e. The van der Waals surface area contributed by atoms with E-state index in [-0.39, 0.29) is 24.4 Å². The van der Waals surface area contributed by atoms with E-state index in [1.165, 1.54) is 13.2 Å². The van der Waals surface area contributed by atoms with Gasteiger partial charge in [0, 0.05) is 24.9 Å². The molecule has 0 spiro atoms. The predicted octanol–water partition coefficient (Wildman–Crippen LogP) is 2.17. The second-order valence-electron chi connectivity index (χ2n) is 6.06. The van der Waals surface area contributed by atoms with Crippen LogP contribution in [0.25, 0.3) is 5.69 Å². The highest BCUT2D eigenvalue weighted by molar-refractivity contribution is 5.78. The molecule has 25 heavy (non-hydrogen) atoms. The lowest BCUT2D eigenvalue weighted by Gasteiger charge is -2.36. The summed E-state index contributed by atoms with van der Waals surface area (Å²) in [6.07, 6.45) is 0. The number of carbonyl (C=O) groups is 1. The van der Waals surface area contributed by atoms with E-state index in [1.54, 1.807) is 27.8 Å². The van der Waals surface area contributed by atoms with Crippen LogP contribution in [0.5, 0.6) is 0 Å². The maximum absolute atomic E-state index is 14.2. The zero-order valence-corrected chi connectivity index (χ0v) is 14.7. The SMILES string of the molecule is COCC(=O)N1CCOCC1c1c(C)nn(-c2ccccc2F)c1C. The van der Waals surface area contributed by atoms with E-state index in [0.717, 1.165) is 17.0 Å². The summed E-state index contributed by atoms with van der Waals surface area (Å²) >= 11 is 0. The molecule has 3 rings (SSSR count). The summed E-state index contributed by atoms with van der Waals surface area (Å²) in [6.45, 7) is 5.15. The van der Waals surface area contributed by atoms with Crippen molar-refractivity contribution in [3.8, 4) is 5.69 Å². The van der Waals surface area contributed by atoms with Crippen LogP contribution in [-0.4, -0.2) is 54.1 Å². The molecule has 7 heteroatoms. The summed E-state index contributed by atoms with van der Waals surface area (Å²) < 4.78 is 26.4. The molecule has 1 saturated heterocycles. The van der Waals surface area contributed by atoms with E-state index >= 15 is 0 Å². The summed E-state index contributed by atoms with van der Waals surface area (Å²) in [6, 6.07) is 6.25. The lowest BCUT2D eigenvalue weighted by atomic mass is 10.0. The molecule has 1 atom stereocenters. The van der Waals surface area contributed by atoms with Crippen molar-refractivity contribution in [3.05, 3.63) is 47.0 Å². The molecule has 2 aromatic rings. The van der Waals surface area contributed by atoms with Gasteiger partial charge in [-0.3, -0.25) is 4.79 Å². The highest BCUT2D eigenvalue weighted by atomic mass is 19.1. The number of carbonyl (C=O) groups excluding carboxylic acids is 1. The second kappa shape index (κ2) is 7.33. The molecule has 0 bridgehead atoms. The Bertz CT molecular complexity index is 775. The van der Waals surface area contributed by atoms with Crippen LogP contribution in [0.15, 0.2) is 24.3 Å². The molecule has 1 amide bonds. The first-order valence-corrected chi connectivity index (χ1v) is 8.21. The Hall–Kier alpha value is -2.25. The Kier molecular flexibility index (Phi) is 5.15. The van der Waals surface area contributed by atoms with E-state index in [9.17, 15) is 9.18 Å². The summed E-state index contributed by atoms with van der Waals surface area (Å²) in [7, 11) is 1.50. The molecule has 1 aromatic heterocycles. The summed E-state index contributed by atoms with van der Waals surface area (Å²) in [5.41, 5.74) is 2.84. The molecule has 1 unspecified atom stereocenters. The van der Waals surface area contributed by atoms with Crippen LogP contribution < -0.4 is 0 Å². The molecule has 1 fully saturated rings. The number of morpholine rings is 1. The first-order valence-electron chi connectivity index (χ1n) is 8.21. The van der Waals surface area contributed by atoms with Gasteiger partial charge in [-0.15, -0.1) is 0 Å². The number of rotatable bonds is 4. The van der Waals surface area contributed by atoms with Gasteiger partial charge < -0.3 is 14.4 Å². The zero-order chi connectivity index (χ0) is 18.0. The van der Waals surface area contributed by atoms with Crippen molar-refractivity contribution in [2.75, 3.05) is 33.5 Å². The van der Waals surface area contributed by atoms with Gasteiger partial charge in [-0.05, 0) is 26.0 Å². The third-order valence-electron chi connectivity index (χ3n) is 4.48. The van der Waals surface area contributed by atoms with E-state index in [2.05, 4.69) is 5.10 Å². The molecule has 1 aromatic carbocycles. The van der Waals surface area contributed by atoms with Gasteiger partial charge in [0.15, 0.2) is 0 Å². The number of hydrogen-bond acceptors (Lipinski definition) is 4.